The summed E-state index contributed by atoms with van der Waals surface area (Å²) in [7, 11) is 0. The van der Waals surface area contributed by atoms with Crippen molar-refractivity contribution in [3.63, 3.8) is 0 Å². The predicted molar refractivity (Wildman–Crippen MR) is 90.9 cm³/mol. The number of hydrogen-bond acceptors (Lipinski definition) is 4. The highest BCUT2D eigenvalue weighted by Crippen LogP contribution is 2.18. The number of nitrogens with two attached hydrogens (primary N) is 1. The predicted octanol–water partition coefficient (Wildman–Crippen LogP) is 1.62. The molecule has 1 aromatic carbocycles. The Morgan fingerprint density at radius 2 is 2.05 bits per heavy atom. The summed E-state index contributed by atoms with van der Waals surface area (Å²) in [6.45, 7) is 3.31. The lowest BCUT2D eigenvalue weighted by Crippen LogP contribution is -2.41. The summed E-state index contributed by atoms with van der Waals surface area (Å²) >= 11 is 1.35. The average molecular weight is 321 g/mol. The Balaban J connectivity index is 1.70. The van der Waals surface area contributed by atoms with Crippen molar-refractivity contribution in [3.05, 3.63) is 29.8 Å². The van der Waals surface area contributed by atoms with Crippen LogP contribution in [-0.4, -0.2) is 47.4 Å². The molecule has 2 rings (SSSR count). The van der Waals surface area contributed by atoms with Gasteiger partial charge in [0.1, 0.15) is 0 Å². The second-order valence-electron chi connectivity index (χ2n) is 5.53. The second kappa shape index (κ2) is 8.19. The van der Waals surface area contributed by atoms with Gasteiger partial charge in [0.2, 0.25) is 11.8 Å². The molecule has 3 N–H and O–H groups in total. The van der Waals surface area contributed by atoms with E-state index >= 15 is 0 Å². The molecule has 0 aliphatic carbocycles. The van der Waals surface area contributed by atoms with Crippen LogP contribution in [0, 0.1) is 6.92 Å². The molecule has 1 fully saturated rings. The van der Waals surface area contributed by atoms with E-state index in [1.807, 2.05) is 36.1 Å². The topological polar surface area (TPSA) is 75.4 Å². The molecule has 0 saturated carbocycles. The summed E-state index contributed by atoms with van der Waals surface area (Å²) in [5.74, 6) is 0.609. The molecule has 0 aromatic heterocycles. The van der Waals surface area contributed by atoms with Gasteiger partial charge < -0.3 is 16.0 Å². The highest BCUT2D eigenvalue weighted by molar-refractivity contribution is 8.00. The molecule has 1 unspecified atom stereocenters. The largest absolute Gasteiger partial charge is 0.338 e. The maximum atomic E-state index is 12.1. The highest BCUT2D eigenvalue weighted by atomic mass is 32.2. The molecule has 0 spiro atoms. The summed E-state index contributed by atoms with van der Waals surface area (Å²) in [5.41, 5.74) is 7.60. The van der Waals surface area contributed by atoms with Gasteiger partial charge in [-0.3, -0.25) is 9.59 Å². The van der Waals surface area contributed by atoms with Crippen LogP contribution in [0.4, 0.5) is 5.69 Å². The van der Waals surface area contributed by atoms with Gasteiger partial charge in [0.05, 0.1) is 11.5 Å². The Bertz CT molecular complexity index is 519. The van der Waals surface area contributed by atoms with Crippen LogP contribution in [0.5, 0.6) is 0 Å². The minimum atomic E-state index is -0.0848. The monoisotopic (exact) mass is 321 g/mol. The molecule has 120 valence electrons. The fraction of sp³-hybridized carbons (Fsp3) is 0.500. The minimum Gasteiger partial charge on any atom is -0.338 e. The van der Waals surface area contributed by atoms with Crippen LogP contribution < -0.4 is 11.1 Å². The Morgan fingerprint density at radius 1 is 1.32 bits per heavy atom. The Kier molecular flexibility index (Phi) is 6.27. The van der Waals surface area contributed by atoms with Crippen LogP contribution in [0.15, 0.2) is 24.3 Å². The van der Waals surface area contributed by atoms with E-state index in [0.717, 1.165) is 30.6 Å². The third kappa shape index (κ3) is 4.74. The fourth-order valence-electron chi connectivity index (χ4n) is 2.56. The summed E-state index contributed by atoms with van der Waals surface area (Å²) in [6, 6.07) is 7.83. The number of nitrogens with one attached hydrogen (secondary N) is 1. The van der Waals surface area contributed by atoms with Gasteiger partial charge in [0, 0.05) is 24.8 Å². The van der Waals surface area contributed by atoms with Crippen molar-refractivity contribution >= 4 is 29.3 Å². The van der Waals surface area contributed by atoms with E-state index in [1.54, 1.807) is 0 Å². The van der Waals surface area contributed by atoms with Crippen molar-refractivity contribution in [2.75, 3.05) is 29.9 Å². The van der Waals surface area contributed by atoms with Crippen LogP contribution in [0.2, 0.25) is 0 Å². The quantitative estimate of drug-likeness (QED) is 0.835. The number of nitrogens with zero attached hydrogens (tertiary/aromatic N) is 1. The van der Waals surface area contributed by atoms with Gasteiger partial charge in [-0.1, -0.05) is 17.7 Å². The first-order chi connectivity index (χ1) is 10.6. The first-order valence-electron chi connectivity index (χ1n) is 7.54. The summed E-state index contributed by atoms with van der Waals surface area (Å²) < 4.78 is 0. The minimum absolute atomic E-state index is 0.0843. The number of carbonyl (C=O) groups is 2. The van der Waals surface area contributed by atoms with Crippen molar-refractivity contribution < 1.29 is 9.59 Å². The van der Waals surface area contributed by atoms with E-state index in [4.69, 9.17) is 5.73 Å². The van der Waals surface area contributed by atoms with Crippen molar-refractivity contribution in [2.45, 2.75) is 25.8 Å². The number of aryl methyl sites for hydroxylation is 1. The number of likely N-dealkylation sites (tertiary alicyclic amines) is 1. The van der Waals surface area contributed by atoms with Gasteiger partial charge in [-0.05, 0) is 31.9 Å². The molecule has 6 heteroatoms. The van der Waals surface area contributed by atoms with Gasteiger partial charge in [0.15, 0.2) is 0 Å². The van der Waals surface area contributed by atoms with E-state index in [2.05, 4.69) is 5.32 Å². The third-order valence-corrected chi connectivity index (χ3v) is 4.68. The number of anilines is 1. The second-order valence-corrected chi connectivity index (χ2v) is 6.51. The van der Waals surface area contributed by atoms with Gasteiger partial charge in [-0.15, -0.1) is 11.8 Å². The SMILES string of the molecule is Cc1ccc(NC(=O)CSCC(=O)N2CCCC2CN)cc1. The molecule has 1 aliphatic rings. The smallest absolute Gasteiger partial charge is 0.234 e. The lowest BCUT2D eigenvalue weighted by Gasteiger charge is -2.23. The van der Waals surface area contributed by atoms with Crippen LogP contribution in [0.25, 0.3) is 0 Å². The number of benzene rings is 1. The van der Waals surface area contributed by atoms with Crippen LogP contribution >= 0.6 is 11.8 Å². The molecule has 22 heavy (non-hydrogen) atoms. The van der Waals surface area contributed by atoms with Crippen molar-refractivity contribution in [1.82, 2.24) is 4.90 Å². The standard InChI is InChI=1S/C16H23N3O2S/c1-12-4-6-13(7-5-12)18-15(20)10-22-11-16(21)19-8-2-3-14(19)9-17/h4-7,14H,2-3,8-11,17H2,1H3,(H,18,20). The van der Waals surface area contributed by atoms with Gasteiger partial charge >= 0.3 is 0 Å². The Hall–Kier alpha value is -1.53. The van der Waals surface area contributed by atoms with Crippen LogP contribution in [-0.2, 0) is 9.59 Å². The number of rotatable bonds is 6. The zero-order valence-electron chi connectivity index (χ0n) is 12.9. The number of thioether (sulfide) groups is 1. The molecular weight excluding hydrogens is 298 g/mol. The first-order valence-corrected chi connectivity index (χ1v) is 8.69. The zero-order chi connectivity index (χ0) is 15.9. The molecule has 1 aromatic rings. The summed E-state index contributed by atoms with van der Waals surface area (Å²) in [5, 5.41) is 2.83. The van der Waals surface area contributed by atoms with E-state index in [1.165, 1.54) is 11.8 Å². The Labute approximate surface area is 135 Å². The molecule has 5 nitrogen and oxygen atoms in total. The van der Waals surface area contributed by atoms with E-state index in [9.17, 15) is 9.59 Å². The fourth-order valence-corrected chi connectivity index (χ4v) is 3.26. The van der Waals surface area contributed by atoms with E-state index < -0.39 is 0 Å². The lowest BCUT2D eigenvalue weighted by molar-refractivity contribution is -0.128. The van der Waals surface area contributed by atoms with Gasteiger partial charge in [-0.25, -0.2) is 0 Å². The van der Waals surface area contributed by atoms with Gasteiger partial charge in [-0.2, -0.15) is 0 Å². The number of carbonyl (C=O) groups excluding carboxylic acids is 2. The van der Waals surface area contributed by atoms with E-state index in [0.29, 0.717) is 12.3 Å². The molecule has 1 saturated heterocycles. The molecule has 1 heterocycles. The normalized spacial score (nSPS) is 17.5. The van der Waals surface area contributed by atoms with Crippen molar-refractivity contribution in [2.24, 2.45) is 5.73 Å². The molecular formula is C16H23N3O2S. The number of amides is 2. The average Bonchev–Trinajstić information content (AvgIpc) is 2.98. The van der Waals surface area contributed by atoms with Gasteiger partial charge in [0.25, 0.3) is 0 Å². The van der Waals surface area contributed by atoms with Crippen molar-refractivity contribution in [3.8, 4) is 0 Å². The maximum absolute atomic E-state index is 12.1. The highest BCUT2D eigenvalue weighted by Gasteiger charge is 2.27. The Morgan fingerprint density at radius 3 is 2.73 bits per heavy atom. The molecule has 0 bridgehead atoms. The summed E-state index contributed by atoms with van der Waals surface area (Å²) in [4.78, 5) is 25.8. The first kappa shape index (κ1) is 16.8. The maximum Gasteiger partial charge on any atom is 0.234 e. The summed E-state index contributed by atoms with van der Waals surface area (Å²) in [6.07, 6.45) is 2.01. The molecule has 0 radical (unpaired) electrons. The third-order valence-electron chi connectivity index (χ3n) is 3.76. The van der Waals surface area contributed by atoms with E-state index in [-0.39, 0.29) is 23.6 Å². The van der Waals surface area contributed by atoms with Crippen molar-refractivity contribution in [1.29, 1.82) is 0 Å². The zero-order valence-corrected chi connectivity index (χ0v) is 13.7. The lowest BCUT2D eigenvalue weighted by atomic mass is 10.2. The molecule has 2 amide bonds. The molecule has 1 atom stereocenters. The van der Waals surface area contributed by atoms with Crippen LogP contribution in [0.1, 0.15) is 18.4 Å². The molecule has 1 aliphatic heterocycles. The number of hydrogen-bond donors (Lipinski definition) is 2. The van der Waals surface area contributed by atoms with Crippen LogP contribution in [0.3, 0.4) is 0 Å².